The van der Waals surface area contributed by atoms with Gasteiger partial charge in [-0.15, -0.1) is 11.8 Å². The Labute approximate surface area is 145 Å². The maximum Gasteiger partial charge on any atom is 0.315 e. The van der Waals surface area contributed by atoms with Crippen LogP contribution < -0.4 is 10.1 Å². The molecule has 2 aromatic carbocycles. The first-order valence-electron chi connectivity index (χ1n) is 7.32. The van der Waals surface area contributed by atoms with E-state index >= 15 is 0 Å². The van der Waals surface area contributed by atoms with Gasteiger partial charge in [-0.2, -0.15) is 0 Å². The number of methoxy groups -OCH3 is 2. The van der Waals surface area contributed by atoms with E-state index in [0.29, 0.717) is 28.5 Å². The number of amides is 1. The molecule has 0 unspecified atom stereocenters. The predicted molar refractivity (Wildman–Crippen MR) is 95.6 cm³/mol. The van der Waals surface area contributed by atoms with E-state index in [9.17, 15) is 9.59 Å². The first-order valence-corrected chi connectivity index (χ1v) is 8.47. The molecule has 6 heteroatoms. The monoisotopic (exact) mass is 345 g/mol. The molecule has 0 atom stereocenters. The Morgan fingerprint density at radius 2 is 1.75 bits per heavy atom. The minimum absolute atomic E-state index is 0.222. The topological polar surface area (TPSA) is 64.6 Å². The Morgan fingerprint density at radius 1 is 1.04 bits per heavy atom. The highest BCUT2D eigenvalue weighted by atomic mass is 32.2. The lowest BCUT2D eigenvalue weighted by Crippen LogP contribution is -2.13. The van der Waals surface area contributed by atoms with E-state index in [0.717, 1.165) is 5.56 Å². The minimum Gasteiger partial charge on any atom is -0.496 e. The maximum absolute atomic E-state index is 12.3. The molecule has 5 nitrogen and oxygen atoms in total. The molecule has 0 aliphatic rings. The van der Waals surface area contributed by atoms with Crippen molar-refractivity contribution in [2.45, 2.75) is 5.75 Å². The van der Waals surface area contributed by atoms with Crippen molar-refractivity contribution in [1.82, 2.24) is 0 Å². The summed E-state index contributed by atoms with van der Waals surface area (Å²) in [6.45, 7) is 0. The molecule has 0 saturated carbocycles. The summed E-state index contributed by atoms with van der Waals surface area (Å²) in [7, 11) is 2.91. The summed E-state index contributed by atoms with van der Waals surface area (Å²) < 4.78 is 9.79. The van der Waals surface area contributed by atoms with Crippen molar-refractivity contribution in [3.63, 3.8) is 0 Å². The third-order valence-electron chi connectivity index (χ3n) is 3.28. The number of hydrogen-bond donors (Lipinski definition) is 1. The van der Waals surface area contributed by atoms with Gasteiger partial charge in [0.1, 0.15) is 5.75 Å². The van der Waals surface area contributed by atoms with Crippen LogP contribution in [-0.4, -0.2) is 31.8 Å². The third-order valence-corrected chi connectivity index (χ3v) is 4.26. The normalized spacial score (nSPS) is 10.1. The molecule has 0 aliphatic carbocycles. The van der Waals surface area contributed by atoms with E-state index in [1.54, 1.807) is 18.2 Å². The van der Waals surface area contributed by atoms with Crippen LogP contribution >= 0.6 is 11.8 Å². The van der Waals surface area contributed by atoms with E-state index in [1.807, 2.05) is 30.3 Å². The second-order valence-electron chi connectivity index (χ2n) is 4.92. The molecule has 2 aromatic rings. The van der Waals surface area contributed by atoms with Crippen LogP contribution in [-0.2, 0) is 15.3 Å². The second-order valence-corrected chi connectivity index (χ2v) is 5.91. The van der Waals surface area contributed by atoms with Crippen molar-refractivity contribution in [3.8, 4) is 5.75 Å². The number of hydrogen-bond acceptors (Lipinski definition) is 5. The van der Waals surface area contributed by atoms with E-state index in [4.69, 9.17) is 4.74 Å². The number of thioether (sulfide) groups is 1. The quantitative estimate of drug-likeness (QED) is 0.780. The summed E-state index contributed by atoms with van der Waals surface area (Å²) in [4.78, 5) is 23.4. The van der Waals surface area contributed by atoms with Crippen molar-refractivity contribution in [1.29, 1.82) is 0 Å². The number of anilines is 1. The van der Waals surface area contributed by atoms with Crippen molar-refractivity contribution >= 4 is 29.3 Å². The Hall–Kier alpha value is -2.47. The lowest BCUT2D eigenvalue weighted by Gasteiger charge is -2.09. The molecule has 0 fully saturated rings. The fraction of sp³-hybridized carbons (Fsp3) is 0.222. The van der Waals surface area contributed by atoms with Gasteiger partial charge in [0.2, 0.25) is 0 Å². The number of nitrogens with one attached hydrogen (secondary N) is 1. The Morgan fingerprint density at radius 3 is 2.42 bits per heavy atom. The van der Waals surface area contributed by atoms with Gasteiger partial charge in [0.15, 0.2) is 0 Å². The lowest BCUT2D eigenvalue weighted by atomic mass is 10.1. The van der Waals surface area contributed by atoms with Crippen LogP contribution in [0, 0.1) is 0 Å². The SMILES string of the molecule is COC(=O)CSCc1ccc(NC(=O)c2ccccc2OC)cc1. The van der Waals surface area contributed by atoms with Gasteiger partial charge < -0.3 is 14.8 Å². The zero-order valence-electron chi connectivity index (χ0n) is 13.6. The number of rotatable bonds is 7. The van der Waals surface area contributed by atoms with Crippen LogP contribution in [0.1, 0.15) is 15.9 Å². The van der Waals surface area contributed by atoms with E-state index < -0.39 is 0 Å². The molecule has 0 radical (unpaired) electrons. The Bertz CT molecular complexity index is 700. The summed E-state index contributed by atoms with van der Waals surface area (Å²) in [5.74, 6) is 1.10. The molecule has 0 aliphatic heterocycles. The predicted octanol–water partition coefficient (Wildman–Crippen LogP) is 3.35. The molecule has 0 heterocycles. The van der Waals surface area contributed by atoms with Gasteiger partial charge in [-0.3, -0.25) is 9.59 Å². The zero-order chi connectivity index (χ0) is 17.4. The van der Waals surface area contributed by atoms with Gasteiger partial charge in [-0.1, -0.05) is 24.3 Å². The van der Waals surface area contributed by atoms with Crippen molar-refractivity contribution in [3.05, 3.63) is 59.7 Å². The van der Waals surface area contributed by atoms with Crippen LogP contribution in [0.25, 0.3) is 0 Å². The Balaban J connectivity index is 1.93. The maximum atomic E-state index is 12.3. The average Bonchev–Trinajstić information content (AvgIpc) is 2.62. The largest absolute Gasteiger partial charge is 0.496 e. The lowest BCUT2D eigenvalue weighted by molar-refractivity contribution is -0.137. The van der Waals surface area contributed by atoms with Crippen molar-refractivity contribution in [2.24, 2.45) is 0 Å². The number of para-hydroxylation sites is 1. The number of carbonyl (C=O) groups excluding carboxylic acids is 2. The van der Waals surface area contributed by atoms with Gasteiger partial charge in [0, 0.05) is 11.4 Å². The second kappa shape index (κ2) is 8.98. The number of benzene rings is 2. The Kier molecular flexibility index (Phi) is 6.69. The standard InChI is InChI=1S/C18H19NO4S/c1-22-16-6-4-3-5-15(16)18(21)19-14-9-7-13(8-10-14)11-24-12-17(20)23-2/h3-10H,11-12H2,1-2H3,(H,19,21). The fourth-order valence-electron chi connectivity index (χ4n) is 2.03. The van der Waals surface area contributed by atoms with Crippen molar-refractivity contribution < 1.29 is 19.1 Å². The summed E-state index contributed by atoms with van der Waals surface area (Å²) in [6.07, 6.45) is 0. The van der Waals surface area contributed by atoms with Crippen LogP contribution in [0.15, 0.2) is 48.5 Å². The molecule has 0 saturated heterocycles. The highest BCUT2D eigenvalue weighted by Crippen LogP contribution is 2.20. The highest BCUT2D eigenvalue weighted by Gasteiger charge is 2.11. The average molecular weight is 345 g/mol. The van der Waals surface area contributed by atoms with Crippen LogP contribution in [0.3, 0.4) is 0 Å². The smallest absolute Gasteiger partial charge is 0.315 e. The molecule has 1 amide bonds. The summed E-state index contributed by atoms with van der Waals surface area (Å²) in [5.41, 5.74) is 2.25. The van der Waals surface area contributed by atoms with Gasteiger partial charge in [0.05, 0.1) is 25.5 Å². The van der Waals surface area contributed by atoms with Gasteiger partial charge >= 0.3 is 5.97 Å². The van der Waals surface area contributed by atoms with Gasteiger partial charge in [-0.05, 0) is 29.8 Å². The molecule has 24 heavy (non-hydrogen) atoms. The van der Waals surface area contributed by atoms with Crippen LogP contribution in [0.4, 0.5) is 5.69 Å². The number of ether oxygens (including phenoxy) is 2. The van der Waals surface area contributed by atoms with E-state index in [1.165, 1.54) is 26.0 Å². The minimum atomic E-state index is -0.235. The molecule has 2 rings (SSSR count). The van der Waals surface area contributed by atoms with Gasteiger partial charge in [0.25, 0.3) is 5.91 Å². The molecular formula is C18H19NO4S. The summed E-state index contributed by atoms with van der Waals surface area (Å²) >= 11 is 1.48. The number of carbonyl (C=O) groups is 2. The first-order chi connectivity index (χ1) is 11.6. The van der Waals surface area contributed by atoms with E-state index in [-0.39, 0.29) is 11.9 Å². The molecule has 0 spiro atoms. The number of esters is 1. The van der Waals surface area contributed by atoms with Crippen LogP contribution in [0.5, 0.6) is 5.75 Å². The third kappa shape index (κ3) is 5.03. The molecule has 1 N–H and O–H groups in total. The molecule has 126 valence electrons. The zero-order valence-corrected chi connectivity index (χ0v) is 14.4. The molecule has 0 aromatic heterocycles. The molecule has 0 bridgehead atoms. The first kappa shape index (κ1) is 17.9. The van der Waals surface area contributed by atoms with Crippen molar-refractivity contribution in [2.75, 3.05) is 25.3 Å². The summed E-state index contributed by atoms with van der Waals surface area (Å²) in [6, 6.07) is 14.6. The fourth-order valence-corrected chi connectivity index (χ4v) is 2.84. The van der Waals surface area contributed by atoms with Crippen LogP contribution in [0.2, 0.25) is 0 Å². The molecular weight excluding hydrogens is 326 g/mol. The van der Waals surface area contributed by atoms with Gasteiger partial charge in [-0.25, -0.2) is 0 Å². The highest BCUT2D eigenvalue weighted by molar-refractivity contribution is 7.99. The summed E-state index contributed by atoms with van der Waals surface area (Å²) in [5, 5.41) is 2.84. The van der Waals surface area contributed by atoms with E-state index in [2.05, 4.69) is 10.1 Å².